The Morgan fingerprint density at radius 1 is 1.25 bits per heavy atom. The van der Waals surface area contributed by atoms with Gasteiger partial charge in [-0.2, -0.15) is 5.10 Å². The van der Waals surface area contributed by atoms with E-state index in [1.807, 2.05) is 31.2 Å². The molecule has 24 heavy (non-hydrogen) atoms. The van der Waals surface area contributed by atoms with Crippen molar-refractivity contribution in [3.8, 4) is 0 Å². The van der Waals surface area contributed by atoms with Crippen molar-refractivity contribution < 1.29 is 0 Å². The first kappa shape index (κ1) is 17.7. The van der Waals surface area contributed by atoms with Gasteiger partial charge in [-0.05, 0) is 37.5 Å². The zero-order chi connectivity index (χ0) is 17.4. The Morgan fingerprint density at radius 2 is 2.00 bits per heavy atom. The third-order valence-electron chi connectivity index (χ3n) is 3.44. The molecule has 0 fully saturated rings. The summed E-state index contributed by atoms with van der Waals surface area (Å²) in [6, 6.07) is 9.37. The van der Waals surface area contributed by atoms with Crippen LogP contribution in [-0.2, 0) is 0 Å². The number of anilines is 2. The Bertz CT molecular complexity index is 732. The first-order chi connectivity index (χ1) is 11.6. The number of nitrogens with one attached hydrogen (secondary N) is 2. The molecule has 0 aliphatic heterocycles. The summed E-state index contributed by atoms with van der Waals surface area (Å²) in [6.07, 6.45) is 3.56. The molecule has 2 aromatic rings. The van der Waals surface area contributed by atoms with E-state index in [1.54, 1.807) is 6.21 Å². The van der Waals surface area contributed by atoms with Gasteiger partial charge in [-0.1, -0.05) is 26.0 Å². The van der Waals surface area contributed by atoms with Crippen molar-refractivity contribution in [3.05, 3.63) is 51.9 Å². The molecule has 0 aliphatic carbocycles. The minimum absolute atomic E-state index is 0.172. The predicted molar refractivity (Wildman–Crippen MR) is 100 cm³/mol. The lowest BCUT2D eigenvalue weighted by molar-refractivity contribution is 0.718. The van der Waals surface area contributed by atoms with Crippen molar-refractivity contribution in [3.63, 3.8) is 0 Å². The Hall–Kier alpha value is -2.63. The molecule has 1 heterocycles. The second-order valence-corrected chi connectivity index (χ2v) is 5.72. The summed E-state index contributed by atoms with van der Waals surface area (Å²) in [6.45, 7) is 7.96. The zero-order valence-electron chi connectivity index (χ0n) is 14.5. The number of aromatic amines is 1. The monoisotopic (exact) mass is 327 g/mol. The minimum Gasteiger partial charge on any atom is -0.342 e. The third-order valence-corrected chi connectivity index (χ3v) is 3.44. The molecule has 1 aromatic carbocycles. The van der Waals surface area contributed by atoms with Gasteiger partial charge in [0.25, 0.3) is 5.56 Å². The fraction of sp³-hybridized carbons (Fsp3) is 0.389. The molecule has 0 spiro atoms. The van der Waals surface area contributed by atoms with Crippen LogP contribution >= 0.6 is 0 Å². The summed E-state index contributed by atoms with van der Waals surface area (Å²) in [4.78, 5) is 21.3. The molecule has 0 amide bonds. The Morgan fingerprint density at radius 3 is 2.67 bits per heavy atom. The number of nitrogens with zero attached hydrogens (tertiary/aromatic N) is 3. The lowest BCUT2D eigenvalue weighted by Gasteiger charge is -2.21. The van der Waals surface area contributed by atoms with Crippen LogP contribution in [0.1, 0.15) is 37.9 Å². The number of H-pyrrole nitrogens is 1. The average molecular weight is 327 g/mol. The van der Waals surface area contributed by atoms with Gasteiger partial charge in [-0.3, -0.25) is 15.2 Å². The van der Waals surface area contributed by atoms with Crippen LogP contribution < -0.4 is 15.9 Å². The van der Waals surface area contributed by atoms with Crippen LogP contribution in [0, 0.1) is 6.92 Å². The van der Waals surface area contributed by atoms with E-state index in [0.29, 0.717) is 11.6 Å². The largest absolute Gasteiger partial charge is 0.342 e. The minimum atomic E-state index is -0.172. The third kappa shape index (κ3) is 5.22. The lowest BCUT2D eigenvalue weighted by Crippen LogP contribution is -2.29. The van der Waals surface area contributed by atoms with Gasteiger partial charge in [-0.15, -0.1) is 0 Å². The van der Waals surface area contributed by atoms with Crippen molar-refractivity contribution >= 4 is 17.9 Å². The van der Waals surface area contributed by atoms with E-state index in [9.17, 15) is 4.79 Å². The van der Waals surface area contributed by atoms with Crippen molar-refractivity contribution in [1.82, 2.24) is 9.97 Å². The second-order valence-electron chi connectivity index (χ2n) is 5.72. The summed E-state index contributed by atoms with van der Waals surface area (Å²) in [7, 11) is 0. The van der Waals surface area contributed by atoms with Gasteiger partial charge in [0.2, 0.25) is 5.95 Å². The van der Waals surface area contributed by atoms with Gasteiger partial charge < -0.3 is 4.90 Å². The van der Waals surface area contributed by atoms with Gasteiger partial charge in [0.05, 0.1) is 17.6 Å². The molecule has 0 bridgehead atoms. The predicted octanol–water partition coefficient (Wildman–Crippen LogP) is 3.15. The number of aryl methyl sites for hydroxylation is 1. The molecule has 6 nitrogen and oxygen atoms in total. The number of hydrogen-bond acceptors (Lipinski definition) is 5. The van der Waals surface area contributed by atoms with Crippen molar-refractivity contribution in [2.75, 3.05) is 23.4 Å². The van der Waals surface area contributed by atoms with Gasteiger partial charge in [0.15, 0.2) is 0 Å². The van der Waals surface area contributed by atoms with Crippen LogP contribution in [0.2, 0.25) is 0 Å². The molecular weight excluding hydrogens is 302 g/mol. The second kappa shape index (κ2) is 8.86. The van der Waals surface area contributed by atoms with Crippen LogP contribution in [0.5, 0.6) is 0 Å². The highest BCUT2D eigenvalue weighted by Crippen LogP contribution is 2.09. The van der Waals surface area contributed by atoms with Crippen LogP contribution in [0.25, 0.3) is 0 Å². The van der Waals surface area contributed by atoms with Gasteiger partial charge in [0, 0.05) is 19.2 Å². The normalized spacial score (nSPS) is 11.0. The first-order valence-electron chi connectivity index (χ1n) is 8.34. The van der Waals surface area contributed by atoms with E-state index < -0.39 is 0 Å². The standard InChI is InChI=1S/C18H25N5O/c1-4-9-23(10-5-2)18-20-16(12-17(24)21-18)13-19-22-15-8-6-7-14(3)11-15/h6-8,11-13,22H,4-5,9-10H2,1-3H3,(H,20,21,24)/b19-13+. The van der Waals surface area contributed by atoms with Crippen LogP contribution in [0.3, 0.4) is 0 Å². The van der Waals surface area contributed by atoms with E-state index in [1.165, 1.54) is 6.07 Å². The summed E-state index contributed by atoms with van der Waals surface area (Å²) in [5.74, 6) is 0.600. The number of hydrogen-bond donors (Lipinski definition) is 2. The SMILES string of the molecule is CCCN(CCC)c1nc(/C=N/Nc2cccc(C)c2)cc(=O)[nH]1. The van der Waals surface area contributed by atoms with E-state index in [0.717, 1.165) is 37.2 Å². The van der Waals surface area contributed by atoms with Gasteiger partial charge >= 0.3 is 0 Å². The highest BCUT2D eigenvalue weighted by atomic mass is 16.1. The summed E-state index contributed by atoms with van der Waals surface area (Å²) in [5, 5.41) is 4.18. The molecule has 0 saturated heterocycles. The smallest absolute Gasteiger partial charge is 0.252 e. The molecule has 0 aliphatic rings. The molecule has 128 valence electrons. The van der Waals surface area contributed by atoms with Crippen molar-refractivity contribution in [2.24, 2.45) is 5.10 Å². The zero-order valence-corrected chi connectivity index (χ0v) is 14.5. The number of benzene rings is 1. The highest BCUT2D eigenvalue weighted by Gasteiger charge is 2.08. The topological polar surface area (TPSA) is 73.4 Å². The lowest BCUT2D eigenvalue weighted by atomic mass is 10.2. The molecule has 1 aromatic heterocycles. The van der Waals surface area contributed by atoms with E-state index in [2.05, 4.69) is 39.2 Å². The molecule has 6 heteroatoms. The summed E-state index contributed by atoms with van der Waals surface area (Å²) < 4.78 is 0. The molecule has 0 unspecified atom stereocenters. The molecular formula is C18H25N5O. The quantitative estimate of drug-likeness (QED) is 0.577. The number of aromatic nitrogens is 2. The first-order valence-corrected chi connectivity index (χ1v) is 8.34. The fourth-order valence-electron chi connectivity index (χ4n) is 2.43. The maximum atomic E-state index is 11.9. The molecule has 2 N–H and O–H groups in total. The van der Waals surface area contributed by atoms with E-state index in [4.69, 9.17) is 0 Å². The summed E-state index contributed by atoms with van der Waals surface area (Å²) >= 11 is 0. The summed E-state index contributed by atoms with van der Waals surface area (Å²) in [5.41, 5.74) is 5.37. The Labute approximate surface area is 142 Å². The van der Waals surface area contributed by atoms with E-state index >= 15 is 0 Å². The van der Waals surface area contributed by atoms with Crippen molar-refractivity contribution in [1.29, 1.82) is 0 Å². The molecule has 2 rings (SSSR count). The highest BCUT2D eigenvalue weighted by molar-refractivity contribution is 5.78. The molecule has 0 atom stereocenters. The fourth-order valence-corrected chi connectivity index (χ4v) is 2.43. The Kier molecular flexibility index (Phi) is 6.54. The van der Waals surface area contributed by atoms with E-state index in [-0.39, 0.29) is 5.56 Å². The number of rotatable bonds is 8. The maximum absolute atomic E-state index is 11.9. The van der Waals surface area contributed by atoms with Crippen LogP contribution in [0.15, 0.2) is 40.2 Å². The van der Waals surface area contributed by atoms with Gasteiger partial charge in [0.1, 0.15) is 0 Å². The van der Waals surface area contributed by atoms with Crippen LogP contribution in [-0.4, -0.2) is 29.3 Å². The van der Waals surface area contributed by atoms with Gasteiger partial charge in [-0.25, -0.2) is 4.98 Å². The maximum Gasteiger partial charge on any atom is 0.252 e. The number of hydrazone groups is 1. The van der Waals surface area contributed by atoms with Crippen LogP contribution in [0.4, 0.5) is 11.6 Å². The average Bonchev–Trinajstić information content (AvgIpc) is 2.54. The van der Waals surface area contributed by atoms with Crippen molar-refractivity contribution in [2.45, 2.75) is 33.6 Å². The molecule has 0 radical (unpaired) electrons. The molecule has 0 saturated carbocycles. The Balaban J connectivity index is 2.15.